The van der Waals surface area contributed by atoms with Gasteiger partial charge in [0.05, 0.1) is 19.6 Å². The Morgan fingerprint density at radius 1 is 1.58 bits per heavy atom. The molecule has 0 aliphatic carbocycles. The fourth-order valence-electron chi connectivity index (χ4n) is 2.32. The quantitative estimate of drug-likeness (QED) is 0.771. The summed E-state index contributed by atoms with van der Waals surface area (Å²) in [7, 11) is 1.44. The van der Waals surface area contributed by atoms with Crippen molar-refractivity contribution in [3.63, 3.8) is 0 Å². The third-order valence-corrected chi connectivity index (χ3v) is 3.38. The highest BCUT2D eigenvalue weighted by Gasteiger charge is 2.27. The first-order valence-corrected chi connectivity index (χ1v) is 6.72. The minimum Gasteiger partial charge on any atom is -0.469 e. The molecule has 106 valence electrons. The lowest BCUT2D eigenvalue weighted by molar-refractivity contribution is -0.147. The Morgan fingerprint density at radius 2 is 2.37 bits per heavy atom. The highest BCUT2D eigenvalue weighted by molar-refractivity contribution is 5.72. The van der Waals surface area contributed by atoms with E-state index in [1.807, 2.05) is 13.8 Å². The number of carbonyl (C=O) groups excluding carboxylic acids is 1. The SMILES string of the molecule is COC(=O)[C@H]1CCCN(Cc2noc(C(C)C)n2)C1. The second kappa shape index (κ2) is 6.14. The summed E-state index contributed by atoms with van der Waals surface area (Å²) in [4.78, 5) is 18.1. The molecular weight excluding hydrogens is 246 g/mol. The van der Waals surface area contributed by atoms with Crippen LogP contribution < -0.4 is 0 Å². The van der Waals surface area contributed by atoms with E-state index in [-0.39, 0.29) is 17.8 Å². The predicted octanol–water partition coefficient (Wildman–Crippen LogP) is 1.58. The smallest absolute Gasteiger partial charge is 0.309 e. The minimum absolute atomic E-state index is 0.0322. The molecule has 1 aliphatic rings. The summed E-state index contributed by atoms with van der Waals surface area (Å²) in [6.07, 6.45) is 1.89. The number of likely N-dealkylation sites (tertiary alicyclic amines) is 1. The van der Waals surface area contributed by atoms with E-state index in [0.29, 0.717) is 24.8 Å². The number of esters is 1. The van der Waals surface area contributed by atoms with Gasteiger partial charge in [0.25, 0.3) is 0 Å². The Kier molecular flexibility index (Phi) is 4.52. The highest BCUT2D eigenvalue weighted by Crippen LogP contribution is 2.19. The van der Waals surface area contributed by atoms with Gasteiger partial charge in [-0.15, -0.1) is 0 Å². The number of carbonyl (C=O) groups is 1. The van der Waals surface area contributed by atoms with Crippen LogP contribution in [0, 0.1) is 5.92 Å². The van der Waals surface area contributed by atoms with Crippen LogP contribution in [-0.4, -0.2) is 41.2 Å². The van der Waals surface area contributed by atoms with Gasteiger partial charge >= 0.3 is 5.97 Å². The number of hydrogen-bond acceptors (Lipinski definition) is 6. The lowest BCUT2D eigenvalue weighted by atomic mass is 9.98. The zero-order chi connectivity index (χ0) is 13.8. The van der Waals surface area contributed by atoms with E-state index in [1.54, 1.807) is 0 Å². The maximum Gasteiger partial charge on any atom is 0.309 e. The standard InChI is InChI=1S/C13H21N3O3/c1-9(2)12-14-11(15-19-12)8-16-6-4-5-10(7-16)13(17)18-3/h9-10H,4-8H2,1-3H3/t10-/m0/s1. The van der Waals surface area contributed by atoms with E-state index in [0.717, 1.165) is 19.4 Å². The molecule has 2 heterocycles. The van der Waals surface area contributed by atoms with Crippen LogP contribution in [0.4, 0.5) is 0 Å². The molecule has 0 aromatic carbocycles. The lowest BCUT2D eigenvalue weighted by Crippen LogP contribution is -2.38. The van der Waals surface area contributed by atoms with Crippen LogP contribution in [0.25, 0.3) is 0 Å². The number of nitrogens with zero attached hydrogens (tertiary/aromatic N) is 3. The molecule has 19 heavy (non-hydrogen) atoms. The van der Waals surface area contributed by atoms with Crippen LogP contribution in [-0.2, 0) is 16.1 Å². The highest BCUT2D eigenvalue weighted by atomic mass is 16.5. The number of piperidine rings is 1. The molecule has 1 atom stereocenters. The van der Waals surface area contributed by atoms with Gasteiger partial charge < -0.3 is 9.26 Å². The van der Waals surface area contributed by atoms with E-state index in [9.17, 15) is 4.79 Å². The Labute approximate surface area is 113 Å². The topological polar surface area (TPSA) is 68.5 Å². The van der Waals surface area contributed by atoms with E-state index in [2.05, 4.69) is 15.0 Å². The molecule has 0 bridgehead atoms. The van der Waals surface area contributed by atoms with Crippen molar-refractivity contribution in [2.24, 2.45) is 5.92 Å². The molecule has 0 N–H and O–H groups in total. The summed E-state index contributed by atoms with van der Waals surface area (Å²) in [5, 5.41) is 3.98. The van der Waals surface area contributed by atoms with Crippen molar-refractivity contribution >= 4 is 5.97 Å². The molecule has 6 nitrogen and oxygen atoms in total. The summed E-state index contributed by atoms with van der Waals surface area (Å²) in [5.74, 6) is 1.44. The average Bonchev–Trinajstić information content (AvgIpc) is 2.87. The van der Waals surface area contributed by atoms with E-state index in [1.165, 1.54) is 7.11 Å². The molecule has 2 rings (SSSR count). The van der Waals surface area contributed by atoms with Crippen LogP contribution in [0.5, 0.6) is 0 Å². The maximum absolute atomic E-state index is 11.6. The largest absolute Gasteiger partial charge is 0.469 e. The first kappa shape index (κ1) is 14.0. The first-order valence-electron chi connectivity index (χ1n) is 6.72. The molecule has 0 saturated carbocycles. The summed E-state index contributed by atoms with van der Waals surface area (Å²) in [6.45, 7) is 6.33. The Hall–Kier alpha value is -1.43. The van der Waals surface area contributed by atoms with Crippen molar-refractivity contribution in [1.29, 1.82) is 0 Å². The van der Waals surface area contributed by atoms with Gasteiger partial charge in [-0.3, -0.25) is 9.69 Å². The molecular formula is C13H21N3O3. The van der Waals surface area contributed by atoms with Gasteiger partial charge in [-0.1, -0.05) is 19.0 Å². The van der Waals surface area contributed by atoms with Gasteiger partial charge in [-0.05, 0) is 19.4 Å². The van der Waals surface area contributed by atoms with Crippen LogP contribution in [0.15, 0.2) is 4.52 Å². The number of methoxy groups -OCH3 is 1. The van der Waals surface area contributed by atoms with Crippen molar-refractivity contribution in [2.75, 3.05) is 20.2 Å². The van der Waals surface area contributed by atoms with Gasteiger partial charge in [0, 0.05) is 12.5 Å². The van der Waals surface area contributed by atoms with Crippen LogP contribution in [0.2, 0.25) is 0 Å². The van der Waals surface area contributed by atoms with Crippen molar-refractivity contribution in [2.45, 2.75) is 39.2 Å². The molecule has 1 fully saturated rings. The molecule has 0 spiro atoms. The fourth-order valence-corrected chi connectivity index (χ4v) is 2.32. The Bertz CT molecular complexity index is 431. The number of ether oxygens (including phenoxy) is 1. The van der Waals surface area contributed by atoms with Crippen molar-refractivity contribution in [3.8, 4) is 0 Å². The molecule has 0 amide bonds. The summed E-state index contributed by atoms with van der Waals surface area (Å²) in [6, 6.07) is 0. The number of aromatic nitrogens is 2. The first-order chi connectivity index (χ1) is 9.10. The predicted molar refractivity (Wildman–Crippen MR) is 68.4 cm³/mol. The zero-order valence-corrected chi connectivity index (χ0v) is 11.8. The van der Waals surface area contributed by atoms with Crippen molar-refractivity contribution in [1.82, 2.24) is 15.0 Å². The van der Waals surface area contributed by atoms with Crippen LogP contribution >= 0.6 is 0 Å². The second-order valence-electron chi connectivity index (χ2n) is 5.30. The third kappa shape index (κ3) is 3.53. The lowest BCUT2D eigenvalue weighted by Gasteiger charge is -2.30. The molecule has 0 radical (unpaired) electrons. The van der Waals surface area contributed by atoms with Crippen molar-refractivity contribution < 1.29 is 14.1 Å². The van der Waals surface area contributed by atoms with Gasteiger partial charge in [-0.2, -0.15) is 4.98 Å². The van der Waals surface area contributed by atoms with E-state index in [4.69, 9.17) is 9.26 Å². The van der Waals surface area contributed by atoms with Crippen LogP contribution in [0.3, 0.4) is 0 Å². The minimum atomic E-state index is -0.124. The van der Waals surface area contributed by atoms with Crippen molar-refractivity contribution in [3.05, 3.63) is 11.7 Å². The molecule has 1 aromatic heterocycles. The van der Waals surface area contributed by atoms with Crippen LogP contribution in [0.1, 0.15) is 44.3 Å². The van der Waals surface area contributed by atoms with Gasteiger partial charge in [-0.25, -0.2) is 0 Å². The average molecular weight is 267 g/mol. The Morgan fingerprint density at radius 3 is 3.00 bits per heavy atom. The molecule has 1 aliphatic heterocycles. The van der Waals surface area contributed by atoms with Gasteiger partial charge in [0.15, 0.2) is 5.82 Å². The molecule has 1 aromatic rings. The monoisotopic (exact) mass is 267 g/mol. The number of rotatable bonds is 4. The molecule has 1 saturated heterocycles. The van der Waals surface area contributed by atoms with E-state index < -0.39 is 0 Å². The normalized spacial score (nSPS) is 20.7. The summed E-state index contributed by atoms with van der Waals surface area (Å²) >= 11 is 0. The summed E-state index contributed by atoms with van der Waals surface area (Å²) < 4.78 is 9.99. The van der Waals surface area contributed by atoms with Gasteiger partial charge in [0.1, 0.15) is 0 Å². The summed E-state index contributed by atoms with van der Waals surface area (Å²) in [5.41, 5.74) is 0. The Balaban J connectivity index is 1.92. The number of hydrogen-bond donors (Lipinski definition) is 0. The fraction of sp³-hybridized carbons (Fsp3) is 0.769. The van der Waals surface area contributed by atoms with Gasteiger partial charge in [0.2, 0.25) is 5.89 Å². The third-order valence-electron chi connectivity index (χ3n) is 3.38. The van der Waals surface area contributed by atoms with E-state index >= 15 is 0 Å². The molecule has 6 heteroatoms. The maximum atomic E-state index is 11.6. The zero-order valence-electron chi connectivity index (χ0n) is 11.8. The second-order valence-corrected chi connectivity index (χ2v) is 5.30. The molecule has 0 unspecified atom stereocenters.